The van der Waals surface area contributed by atoms with E-state index in [1.807, 2.05) is 52.8 Å². The van der Waals surface area contributed by atoms with E-state index in [0.717, 1.165) is 46.9 Å². The van der Waals surface area contributed by atoms with E-state index in [0.29, 0.717) is 5.69 Å². The highest BCUT2D eigenvalue weighted by molar-refractivity contribution is 6.10. The second-order valence-electron chi connectivity index (χ2n) is 6.64. The van der Waals surface area contributed by atoms with E-state index >= 15 is 0 Å². The molecule has 0 unspecified atom stereocenters. The van der Waals surface area contributed by atoms with Crippen molar-refractivity contribution in [3.05, 3.63) is 51.6 Å². The summed E-state index contributed by atoms with van der Waals surface area (Å²) >= 11 is 0. The van der Waals surface area contributed by atoms with Crippen molar-refractivity contribution in [3.63, 3.8) is 0 Å². The molecular weight excluding hydrogens is 324 g/mol. The number of nitrogens with one attached hydrogen (secondary N) is 1. The molecule has 0 aliphatic carbocycles. The lowest BCUT2D eigenvalue weighted by atomic mass is 10.1. The van der Waals surface area contributed by atoms with E-state index in [2.05, 4.69) is 21.8 Å². The Balaban J connectivity index is 2.35. The van der Waals surface area contributed by atoms with Crippen LogP contribution in [0.2, 0.25) is 0 Å². The largest absolute Gasteiger partial charge is 0.349 e. The van der Waals surface area contributed by atoms with Crippen LogP contribution in [0.3, 0.4) is 0 Å². The van der Waals surface area contributed by atoms with Crippen molar-refractivity contribution in [1.82, 2.24) is 9.55 Å². The van der Waals surface area contributed by atoms with Crippen LogP contribution in [-0.4, -0.2) is 15.5 Å². The zero-order valence-electron chi connectivity index (χ0n) is 16.4. The third-order valence-electron chi connectivity index (χ3n) is 4.49. The highest BCUT2D eigenvalue weighted by Crippen LogP contribution is 2.22. The third kappa shape index (κ3) is 4.02. The number of amides is 1. The number of rotatable bonds is 5. The Hall–Kier alpha value is -2.87. The van der Waals surface area contributed by atoms with Crippen LogP contribution < -0.4 is 5.32 Å². The molecule has 1 N–H and O–H groups in total. The lowest BCUT2D eigenvalue weighted by molar-refractivity contribution is -0.112. The number of nitriles is 1. The number of aryl methyl sites for hydroxylation is 4. The highest BCUT2D eigenvalue weighted by Gasteiger charge is 2.15. The lowest BCUT2D eigenvalue weighted by Crippen LogP contribution is -2.16. The maximum absolute atomic E-state index is 12.6. The van der Waals surface area contributed by atoms with E-state index in [1.165, 1.54) is 0 Å². The molecule has 0 fully saturated rings. The molecule has 0 bridgehead atoms. The molecule has 0 aromatic carbocycles. The van der Waals surface area contributed by atoms with Gasteiger partial charge in [0.15, 0.2) is 0 Å². The summed E-state index contributed by atoms with van der Waals surface area (Å²) in [5.41, 5.74) is 6.42. The molecule has 0 spiro atoms. The molecule has 26 heavy (non-hydrogen) atoms. The standard InChI is InChI=1S/C21H26N4O/c1-7-8-25-15(4)10-18(17(25)6)11-19(12-22)21(26)24-20-13(2)9-14(3)23-16(20)5/h9-11H,7-8H2,1-6H3,(H,24,26)/b19-11-. The fourth-order valence-corrected chi connectivity index (χ4v) is 3.24. The third-order valence-corrected chi connectivity index (χ3v) is 4.49. The maximum atomic E-state index is 12.6. The monoisotopic (exact) mass is 350 g/mol. The smallest absolute Gasteiger partial charge is 0.266 e. The van der Waals surface area contributed by atoms with Gasteiger partial charge in [0, 0.05) is 23.6 Å². The summed E-state index contributed by atoms with van der Waals surface area (Å²) in [4.78, 5) is 17.0. The number of hydrogen-bond acceptors (Lipinski definition) is 3. The first kappa shape index (κ1) is 19.5. The second kappa shape index (κ2) is 8.01. The number of hydrogen-bond donors (Lipinski definition) is 1. The van der Waals surface area contributed by atoms with Gasteiger partial charge in [-0.15, -0.1) is 0 Å². The van der Waals surface area contributed by atoms with E-state index in [4.69, 9.17) is 0 Å². The molecule has 0 radical (unpaired) electrons. The Bertz CT molecular complexity index is 890. The van der Waals surface area contributed by atoms with Crippen LogP contribution in [0.1, 0.15) is 47.2 Å². The SMILES string of the molecule is CCCn1c(C)cc(/C=C(/C#N)C(=O)Nc2c(C)cc(C)nc2C)c1C. The minimum absolute atomic E-state index is 0.0844. The van der Waals surface area contributed by atoms with Gasteiger partial charge in [-0.05, 0) is 70.4 Å². The Morgan fingerprint density at radius 2 is 1.96 bits per heavy atom. The van der Waals surface area contributed by atoms with Crippen LogP contribution in [0.5, 0.6) is 0 Å². The van der Waals surface area contributed by atoms with Gasteiger partial charge in [-0.2, -0.15) is 5.26 Å². The van der Waals surface area contributed by atoms with Crippen LogP contribution in [0, 0.1) is 45.9 Å². The minimum atomic E-state index is -0.412. The van der Waals surface area contributed by atoms with Crippen LogP contribution >= 0.6 is 0 Å². The van der Waals surface area contributed by atoms with Crippen LogP contribution in [-0.2, 0) is 11.3 Å². The van der Waals surface area contributed by atoms with E-state index in [-0.39, 0.29) is 5.57 Å². The molecule has 2 aromatic rings. The summed E-state index contributed by atoms with van der Waals surface area (Å²) < 4.78 is 2.21. The van der Waals surface area contributed by atoms with Gasteiger partial charge in [-0.1, -0.05) is 6.92 Å². The summed E-state index contributed by atoms with van der Waals surface area (Å²) in [5.74, 6) is -0.412. The lowest BCUT2D eigenvalue weighted by Gasteiger charge is -2.11. The molecule has 2 rings (SSSR count). The van der Waals surface area contributed by atoms with E-state index in [1.54, 1.807) is 6.08 Å². The molecule has 0 aliphatic heterocycles. The Kier molecular flexibility index (Phi) is 5.99. The van der Waals surface area contributed by atoms with Crippen molar-refractivity contribution in [2.45, 2.75) is 54.5 Å². The predicted molar refractivity (Wildman–Crippen MR) is 105 cm³/mol. The van der Waals surface area contributed by atoms with Crippen LogP contribution in [0.15, 0.2) is 17.7 Å². The fraction of sp³-hybridized carbons (Fsp3) is 0.381. The van der Waals surface area contributed by atoms with Crippen molar-refractivity contribution >= 4 is 17.7 Å². The first-order chi connectivity index (χ1) is 12.3. The van der Waals surface area contributed by atoms with Crippen molar-refractivity contribution in [1.29, 1.82) is 5.26 Å². The van der Waals surface area contributed by atoms with Gasteiger partial charge in [0.2, 0.25) is 0 Å². The van der Waals surface area contributed by atoms with Crippen molar-refractivity contribution in [3.8, 4) is 6.07 Å². The maximum Gasteiger partial charge on any atom is 0.266 e. The van der Waals surface area contributed by atoms with Gasteiger partial charge in [0.05, 0.1) is 11.4 Å². The number of carbonyl (C=O) groups excluding carboxylic acids is 1. The van der Waals surface area contributed by atoms with Crippen LogP contribution in [0.25, 0.3) is 6.08 Å². The van der Waals surface area contributed by atoms with E-state index in [9.17, 15) is 10.1 Å². The first-order valence-electron chi connectivity index (χ1n) is 8.83. The highest BCUT2D eigenvalue weighted by atomic mass is 16.1. The molecule has 5 heteroatoms. The molecule has 136 valence electrons. The van der Waals surface area contributed by atoms with Crippen molar-refractivity contribution in [2.75, 3.05) is 5.32 Å². The average Bonchev–Trinajstić information content (AvgIpc) is 2.83. The number of anilines is 1. The Morgan fingerprint density at radius 3 is 2.54 bits per heavy atom. The quantitative estimate of drug-likeness (QED) is 0.642. The summed E-state index contributed by atoms with van der Waals surface area (Å²) in [7, 11) is 0. The van der Waals surface area contributed by atoms with Crippen LogP contribution in [0.4, 0.5) is 5.69 Å². The molecule has 1 amide bonds. The van der Waals surface area contributed by atoms with Crippen molar-refractivity contribution < 1.29 is 4.79 Å². The van der Waals surface area contributed by atoms with Gasteiger partial charge in [-0.25, -0.2) is 0 Å². The van der Waals surface area contributed by atoms with E-state index < -0.39 is 5.91 Å². The molecule has 0 atom stereocenters. The molecule has 2 heterocycles. The van der Waals surface area contributed by atoms with Gasteiger partial charge < -0.3 is 9.88 Å². The number of aromatic nitrogens is 2. The molecule has 0 aliphatic rings. The minimum Gasteiger partial charge on any atom is -0.349 e. The normalized spacial score (nSPS) is 11.3. The molecule has 0 saturated heterocycles. The molecular formula is C21H26N4O. The Labute approximate surface area is 155 Å². The van der Waals surface area contributed by atoms with Crippen molar-refractivity contribution in [2.24, 2.45) is 0 Å². The molecule has 0 saturated carbocycles. The first-order valence-corrected chi connectivity index (χ1v) is 8.83. The summed E-state index contributed by atoms with van der Waals surface area (Å²) in [6, 6.07) is 5.96. The predicted octanol–water partition coefficient (Wildman–Crippen LogP) is 4.38. The zero-order chi connectivity index (χ0) is 19.4. The summed E-state index contributed by atoms with van der Waals surface area (Å²) in [6.45, 7) is 12.8. The Morgan fingerprint density at radius 1 is 1.27 bits per heavy atom. The average molecular weight is 350 g/mol. The molecule has 2 aromatic heterocycles. The fourth-order valence-electron chi connectivity index (χ4n) is 3.24. The van der Waals surface area contributed by atoms with Gasteiger partial charge >= 0.3 is 0 Å². The number of carbonyl (C=O) groups is 1. The summed E-state index contributed by atoms with van der Waals surface area (Å²) in [5, 5.41) is 12.3. The topological polar surface area (TPSA) is 70.7 Å². The second-order valence-corrected chi connectivity index (χ2v) is 6.64. The van der Waals surface area contributed by atoms with Gasteiger partial charge in [0.25, 0.3) is 5.91 Å². The molecule has 5 nitrogen and oxygen atoms in total. The van der Waals surface area contributed by atoms with Gasteiger partial charge in [-0.3, -0.25) is 9.78 Å². The number of pyridine rings is 1. The zero-order valence-corrected chi connectivity index (χ0v) is 16.4. The number of nitrogens with zero attached hydrogens (tertiary/aromatic N) is 3. The summed E-state index contributed by atoms with van der Waals surface area (Å²) in [6.07, 6.45) is 2.69. The van der Waals surface area contributed by atoms with Gasteiger partial charge in [0.1, 0.15) is 11.6 Å².